The second-order valence-corrected chi connectivity index (χ2v) is 10.2. The van der Waals surface area contributed by atoms with E-state index in [2.05, 4.69) is 27.2 Å². The van der Waals surface area contributed by atoms with Crippen molar-refractivity contribution < 1.29 is 18.8 Å². The van der Waals surface area contributed by atoms with Gasteiger partial charge >= 0.3 is 5.97 Å². The fourth-order valence-electron chi connectivity index (χ4n) is 4.13. The molecule has 0 radical (unpaired) electrons. The molecule has 0 unspecified atom stereocenters. The summed E-state index contributed by atoms with van der Waals surface area (Å²) in [5.74, 6) is 1.38. The molecule has 8 nitrogen and oxygen atoms in total. The summed E-state index contributed by atoms with van der Waals surface area (Å²) in [6.45, 7) is 11.5. The van der Waals surface area contributed by atoms with Crippen LogP contribution < -0.4 is 10.5 Å². The van der Waals surface area contributed by atoms with Crippen molar-refractivity contribution in [2.75, 3.05) is 25.4 Å². The molecule has 0 bridgehead atoms. The predicted octanol–water partition coefficient (Wildman–Crippen LogP) is 4.52. The number of anilines is 1. The Hall–Kier alpha value is -3.39. The number of fused-ring (bicyclic) bond motifs is 1. The highest BCUT2D eigenvalue weighted by molar-refractivity contribution is 5.72. The molecule has 2 N–H and O–H groups in total. The zero-order valence-electron chi connectivity index (χ0n) is 21.1. The first-order valence-corrected chi connectivity index (χ1v) is 12.0. The van der Waals surface area contributed by atoms with Gasteiger partial charge in [0.15, 0.2) is 0 Å². The lowest BCUT2D eigenvalue weighted by atomic mass is 10.00. The lowest BCUT2D eigenvalue weighted by Gasteiger charge is -2.23. The first kappa shape index (κ1) is 24.7. The number of nitrogen functional groups attached to an aromatic ring is 1. The van der Waals surface area contributed by atoms with Gasteiger partial charge in [0.1, 0.15) is 11.4 Å². The number of rotatable bonds is 6. The number of nitrogens with zero attached hydrogens (tertiary/aromatic N) is 3. The van der Waals surface area contributed by atoms with E-state index < -0.39 is 5.60 Å². The van der Waals surface area contributed by atoms with Crippen molar-refractivity contribution in [2.45, 2.75) is 59.2 Å². The lowest BCUT2D eigenvalue weighted by Crippen LogP contribution is -2.36. The summed E-state index contributed by atoms with van der Waals surface area (Å²) in [4.78, 5) is 19.0. The topological polar surface area (TPSA) is 104 Å². The molecule has 1 aliphatic heterocycles. The smallest absolute Gasteiger partial charge is 0.320 e. The van der Waals surface area contributed by atoms with E-state index in [1.54, 1.807) is 6.07 Å². The van der Waals surface area contributed by atoms with Gasteiger partial charge in [-0.15, -0.1) is 0 Å². The molecule has 0 aliphatic carbocycles. The van der Waals surface area contributed by atoms with E-state index in [1.807, 2.05) is 52.8 Å². The van der Waals surface area contributed by atoms with Crippen LogP contribution in [0, 0.1) is 0 Å². The van der Waals surface area contributed by atoms with Gasteiger partial charge in [0, 0.05) is 24.2 Å². The van der Waals surface area contributed by atoms with E-state index in [9.17, 15) is 4.79 Å². The maximum atomic E-state index is 12.3. The number of ether oxygens (including phenoxy) is 2. The van der Waals surface area contributed by atoms with Crippen molar-refractivity contribution >= 4 is 11.7 Å². The first-order chi connectivity index (χ1) is 16.6. The highest BCUT2D eigenvalue weighted by Crippen LogP contribution is 2.30. The number of hydrogen-bond donors (Lipinski definition) is 1. The van der Waals surface area contributed by atoms with Gasteiger partial charge in [-0.3, -0.25) is 9.69 Å². The van der Waals surface area contributed by atoms with Crippen LogP contribution in [0.25, 0.3) is 22.8 Å². The van der Waals surface area contributed by atoms with Gasteiger partial charge in [-0.1, -0.05) is 17.3 Å². The number of carbonyl (C=O) groups excluding carboxylic acids is 1. The van der Waals surface area contributed by atoms with Crippen LogP contribution in [-0.2, 0) is 22.4 Å². The largest absolute Gasteiger partial charge is 0.489 e. The number of aromatic nitrogens is 2. The number of hydrogen-bond acceptors (Lipinski definition) is 8. The summed E-state index contributed by atoms with van der Waals surface area (Å²) in [6, 6.07) is 11.7. The van der Waals surface area contributed by atoms with Gasteiger partial charge in [-0.25, -0.2) is 0 Å². The van der Waals surface area contributed by atoms with Crippen molar-refractivity contribution in [3.8, 4) is 28.6 Å². The van der Waals surface area contributed by atoms with E-state index in [4.69, 9.17) is 19.7 Å². The Morgan fingerprint density at radius 2 is 1.80 bits per heavy atom. The molecule has 1 aromatic heterocycles. The molecular weight excluding hydrogens is 444 g/mol. The molecule has 0 saturated carbocycles. The summed E-state index contributed by atoms with van der Waals surface area (Å²) < 4.78 is 16.7. The van der Waals surface area contributed by atoms with Gasteiger partial charge in [-0.05, 0) is 82.9 Å². The molecule has 1 aliphatic rings. The Morgan fingerprint density at radius 1 is 1.09 bits per heavy atom. The Balaban J connectivity index is 1.45. The third kappa shape index (κ3) is 6.39. The van der Waals surface area contributed by atoms with Crippen molar-refractivity contribution in [3.63, 3.8) is 0 Å². The standard InChI is InChI=1S/C27H34N4O4/c1-17(2)33-23-9-8-21(15-22(23)28)26-29-25(30-35-26)20-7-6-18-10-12-31(13-11-19(18)14-20)16-24(32)34-27(3,4)5/h6-9,14-15,17H,10-13,16,28H2,1-5H3. The minimum atomic E-state index is -0.472. The third-order valence-electron chi connectivity index (χ3n) is 5.68. The van der Waals surface area contributed by atoms with E-state index in [-0.39, 0.29) is 12.1 Å². The first-order valence-electron chi connectivity index (χ1n) is 12.0. The second-order valence-electron chi connectivity index (χ2n) is 10.2. The van der Waals surface area contributed by atoms with E-state index >= 15 is 0 Å². The van der Waals surface area contributed by atoms with E-state index in [0.29, 0.717) is 29.7 Å². The van der Waals surface area contributed by atoms with E-state index in [0.717, 1.165) is 37.1 Å². The molecule has 3 aromatic rings. The summed E-state index contributed by atoms with van der Waals surface area (Å²) in [7, 11) is 0. The maximum absolute atomic E-state index is 12.3. The average molecular weight is 479 g/mol. The molecule has 186 valence electrons. The summed E-state index contributed by atoms with van der Waals surface area (Å²) >= 11 is 0. The Kier molecular flexibility index (Phi) is 7.12. The second kappa shape index (κ2) is 10.1. The number of carbonyl (C=O) groups is 1. The number of nitrogens with two attached hydrogens (primary N) is 1. The van der Waals surface area contributed by atoms with Crippen LogP contribution in [0.3, 0.4) is 0 Å². The van der Waals surface area contributed by atoms with Gasteiger partial charge < -0.3 is 19.7 Å². The summed E-state index contributed by atoms with van der Waals surface area (Å²) in [6.07, 6.45) is 1.75. The molecule has 0 spiro atoms. The summed E-state index contributed by atoms with van der Waals surface area (Å²) in [5, 5.41) is 4.19. The van der Waals surface area contributed by atoms with Gasteiger partial charge in [-0.2, -0.15) is 4.98 Å². The molecular formula is C27H34N4O4. The molecule has 0 saturated heterocycles. The van der Waals surface area contributed by atoms with Crippen LogP contribution in [0.5, 0.6) is 5.75 Å². The zero-order valence-corrected chi connectivity index (χ0v) is 21.1. The summed E-state index contributed by atoms with van der Waals surface area (Å²) in [5.41, 5.74) is 10.3. The molecule has 2 aromatic carbocycles. The minimum absolute atomic E-state index is 0.0377. The van der Waals surface area contributed by atoms with Crippen molar-refractivity contribution in [3.05, 3.63) is 47.5 Å². The monoisotopic (exact) mass is 478 g/mol. The highest BCUT2D eigenvalue weighted by atomic mass is 16.6. The fourth-order valence-corrected chi connectivity index (χ4v) is 4.13. The van der Waals surface area contributed by atoms with Crippen LogP contribution in [0.4, 0.5) is 5.69 Å². The normalized spacial score (nSPS) is 14.5. The van der Waals surface area contributed by atoms with Crippen LogP contribution in [0.2, 0.25) is 0 Å². The van der Waals surface area contributed by atoms with Gasteiger partial charge in [0.25, 0.3) is 5.89 Å². The SMILES string of the molecule is CC(C)Oc1ccc(-c2nc(-c3ccc4c(c3)CCN(CC(=O)OC(C)(C)C)CC4)no2)cc1N. The predicted molar refractivity (Wildman–Crippen MR) is 135 cm³/mol. The van der Waals surface area contributed by atoms with Crippen molar-refractivity contribution in [1.82, 2.24) is 15.0 Å². The fraction of sp³-hybridized carbons (Fsp3) is 0.444. The van der Waals surface area contributed by atoms with Crippen LogP contribution in [-0.4, -0.2) is 52.3 Å². The molecule has 2 heterocycles. The number of esters is 1. The lowest BCUT2D eigenvalue weighted by molar-refractivity contribution is -0.156. The average Bonchev–Trinajstić information content (AvgIpc) is 3.17. The van der Waals surface area contributed by atoms with Gasteiger partial charge in [0.05, 0.1) is 18.3 Å². The van der Waals surface area contributed by atoms with Gasteiger partial charge in [0.2, 0.25) is 5.82 Å². The Bertz CT molecular complexity index is 1200. The molecule has 35 heavy (non-hydrogen) atoms. The molecule has 4 rings (SSSR count). The van der Waals surface area contributed by atoms with Crippen LogP contribution >= 0.6 is 0 Å². The molecule has 0 atom stereocenters. The van der Waals surface area contributed by atoms with Crippen LogP contribution in [0.1, 0.15) is 45.7 Å². The Labute approximate surface area is 206 Å². The highest BCUT2D eigenvalue weighted by Gasteiger charge is 2.22. The Morgan fingerprint density at radius 3 is 2.49 bits per heavy atom. The number of benzene rings is 2. The zero-order chi connectivity index (χ0) is 25.2. The maximum Gasteiger partial charge on any atom is 0.320 e. The molecule has 0 fully saturated rings. The molecule has 0 amide bonds. The van der Waals surface area contributed by atoms with Crippen molar-refractivity contribution in [2.24, 2.45) is 0 Å². The van der Waals surface area contributed by atoms with E-state index in [1.165, 1.54) is 11.1 Å². The third-order valence-corrected chi connectivity index (χ3v) is 5.68. The quantitative estimate of drug-likeness (QED) is 0.408. The van der Waals surface area contributed by atoms with Crippen molar-refractivity contribution in [1.29, 1.82) is 0 Å². The minimum Gasteiger partial charge on any atom is -0.489 e. The molecule has 8 heteroatoms. The van der Waals surface area contributed by atoms with Crippen LogP contribution in [0.15, 0.2) is 40.9 Å².